The van der Waals surface area contributed by atoms with E-state index in [9.17, 15) is 4.79 Å². The highest BCUT2D eigenvalue weighted by Gasteiger charge is 2.28. The largest absolute Gasteiger partial charge is 0.444 e. The number of nitrogens with zero attached hydrogens (tertiary/aromatic N) is 1. The van der Waals surface area contributed by atoms with Crippen LogP contribution in [0.2, 0.25) is 0 Å². The SMILES string of the molecule is CC(C)(C)OC(=O)N1CCC(c2c[nH]c3cc(NC4CCc5ccccc54)ccc23)CC1. The molecule has 5 nitrogen and oxygen atoms in total. The van der Waals surface area contributed by atoms with Crippen LogP contribution in [0.5, 0.6) is 0 Å². The van der Waals surface area contributed by atoms with Gasteiger partial charge in [0.15, 0.2) is 0 Å². The molecule has 1 unspecified atom stereocenters. The second-order valence-corrected chi connectivity index (χ2v) is 10.2. The summed E-state index contributed by atoms with van der Waals surface area (Å²) < 4.78 is 5.54. The van der Waals surface area contributed by atoms with E-state index in [1.165, 1.54) is 27.6 Å². The normalized spacial score (nSPS) is 19.2. The third-order valence-corrected chi connectivity index (χ3v) is 6.77. The highest BCUT2D eigenvalue weighted by atomic mass is 16.6. The number of nitrogens with one attached hydrogen (secondary N) is 2. The summed E-state index contributed by atoms with van der Waals surface area (Å²) in [4.78, 5) is 17.7. The van der Waals surface area contributed by atoms with Crippen LogP contribution in [0, 0.1) is 0 Å². The number of likely N-dealkylation sites (tertiary alicyclic amines) is 1. The van der Waals surface area contributed by atoms with E-state index in [1.807, 2.05) is 25.7 Å². The highest BCUT2D eigenvalue weighted by Crippen LogP contribution is 2.37. The van der Waals surface area contributed by atoms with Crippen molar-refractivity contribution in [2.75, 3.05) is 18.4 Å². The Morgan fingerprint density at radius 3 is 2.62 bits per heavy atom. The number of ether oxygens (including phenoxy) is 1. The van der Waals surface area contributed by atoms with Crippen LogP contribution < -0.4 is 5.32 Å². The molecule has 0 bridgehead atoms. The van der Waals surface area contributed by atoms with E-state index in [0.717, 1.165) is 44.5 Å². The number of piperidine rings is 1. The summed E-state index contributed by atoms with van der Waals surface area (Å²) in [6.07, 6.45) is 6.18. The van der Waals surface area contributed by atoms with Crippen molar-refractivity contribution in [1.82, 2.24) is 9.88 Å². The first-order chi connectivity index (χ1) is 15.4. The topological polar surface area (TPSA) is 57.4 Å². The Kier molecular flexibility index (Phi) is 5.36. The van der Waals surface area contributed by atoms with Crippen LogP contribution in [0.4, 0.5) is 10.5 Å². The molecule has 32 heavy (non-hydrogen) atoms. The number of rotatable bonds is 3. The van der Waals surface area contributed by atoms with E-state index in [2.05, 4.69) is 59.0 Å². The molecular weight excluding hydrogens is 398 g/mol. The van der Waals surface area contributed by atoms with Gasteiger partial charge in [-0.15, -0.1) is 0 Å². The van der Waals surface area contributed by atoms with Crippen LogP contribution in [0.1, 0.15) is 68.7 Å². The molecule has 2 heterocycles. The van der Waals surface area contributed by atoms with Crippen molar-refractivity contribution in [1.29, 1.82) is 0 Å². The third kappa shape index (κ3) is 4.21. The first kappa shape index (κ1) is 20.9. The molecule has 1 aliphatic carbocycles. The molecule has 1 aliphatic heterocycles. The van der Waals surface area contributed by atoms with Gasteiger partial charge in [0.2, 0.25) is 0 Å². The fraction of sp³-hybridized carbons (Fsp3) is 0.444. The zero-order chi connectivity index (χ0) is 22.3. The molecule has 2 N–H and O–H groups in total. The van der Waals surface area contributed by atoms with E-state index in [4.69, 9.17) is 4.74 Å². The lowest BCUT2D eigenvalue weighted by Gasteiger charge is -2.33. The van der Waals surface area contributed by atoms with E-state index in [0.29, 0.717) is 12.0 Å². The number of aromatic amines is 1. The van der Waals surface area contributed by atoms with Gasteiger partial charge >= 0.3 is 6.09 Å². The summed E-state index contributed by atoms with van der Waals surface area (Å²) in [5.41, 5.74) is 6.14. The molecule has 0 radical (unpaired) electrons. The van der Waals surface area contributed by atoms with Gasteiger partial charge in [0.05, 0.1) is 6.04 Å². The Hall–Kier alpha value is -2.95. The maximum Gasteiger partial charge on any atom is 0.410 e. The fourth-order valence-electron chi connectivity index (χ4n) is 5.18. The number of hydrogen-bond acceptors (Lipinski definition) is 3. The smallest absolute Gasteiger partial charge is 0.410 e. The fourth-order valence-corrected chi connectivity index (χ4v) is 5.18. The van der Waals surface area contributed by atoms with Gasteiger partial charge in [-0.3, -0.25) is 0 Å². The molecule has 168 valence electrons. The Morgan fingerprint density at radius 1 is 1.06 bits per heavy atom. The third-order valence-electron chi connectivity index (χ3n) is 6.77. The summed E-state index contributed by atoms with van der Waals surface area (Å²) in [7, 11) is 0. The van der Waals surface area contributed by atoms with Gasteiger partial charge in [-0.1, -0.05) is 30.3 Å². The Morgan fingerprint density at radius 2 is 1.84 bits per heavy atom. The number of H-pyrrole nitrogens is 1. The lowest BCUT2D eigenvalue weighted by molar-refractivity contribution is 0.0205. The minimum atomic E-state index is -0.447. The van der Waals surface area contributed by atoms with Gasteiger partial charge in [-0.25, -0.2) is 4.79 Å². The van der Waals surface area contributed by atoms with Gasteiger partial charge in [-0.2, -0.15) is 0 Å². The molecule has 1 amide bonds. The average molecular weight is 432 g/mol. The van der Waals surface area contributed by atoms with E-state index in [1.54, 1.807) is 0 Å². The lowest BCUT2D eigenvalue weighted by atomic mass is 9.89. The van der Waals surface area contributed by atoms with Gasteiger partial charge < -0.3 is 19.9 Å². The summed E-state index contributed by atoms with van der Waals surface area (Å²) in [5.74, 6) is 0.461. The number of amides is 1. The molecule has 3 aromatic rings. The Balaban J connectivity index is 1.26. The quantitative estimate of drug-likeness (QED) is 0.506. The lowest BCUT2D eigenvalue weighted by Crippen LogP contribution is -2.41. The van der Waals surface area contributed by atoms with Gasteiger partial charge in [-0.05, 0) is 81.2 Å². The van der Waals surface area contributed by atoms with Crippen molar-refractivity contribution >= 4 is 22.7 Å². The number of fused-ring (bicyclic) bond motifs is 2. The average Bonchev–Trinajstić information content (AvgIpc) is 3.37. The second-order valence-electron chi connectivity index (χ2n) is 10.2. The van der Waals surface area contributed by atoms with Gasteiger partial charge in [0, 0.05) is 35.9 Å². The molecule has 5 rings (SSSR count). The van der Waals surface area contributed by atoms with Gasteiger partial charge in [0.1, 0.15) is 5.60 Å². The Labute approximate surface area is 190 Å². The number of aromatic nitrogens is 1. The van der Waals surface area contributed by atoms with Crippen molar-refractivity contribution in [2.24, 2.45) is 0 Å². The van der Waals surface area contributed by atoms with Crippen molar-refractivity contribution < 1.29 is 9.53 Å². The van der Waals surface area contributed by atoms with E-state index < -0.39 is 5.60 Å². The summed E-state index contributed by atoms with van der Waals surface area (Å²) in [5, 5.41) is 5.03. The molecular formula is C27H33N3O2. The van der Waals surface area contributed by atoms with E-state index in [-0.39, 0.29) is 6.09 Å². The van der Waals surface area contributed by atoms with E-state index >= 15 is 0 Å². The van der Waals surface area contributed by atoms with Crippen LogP contribution in [0.3, 0.4) is 0 Å². The Bertz CT molecular complexity index is 1120. The number of carbonyl (C=O) groups excluding carboxylic acids is 1. The number of anilines is 1. The molecule has 0 spiro atoms. The number of benzene rings is 2. The molecule has 2 aromatic carbocycles. The minimum Gasteiger partial charge on any atom is -0.444 e. The molecule has 1 aromatic heterocycles. The van der Waals surface area contributed by atoms with Crippen LogP contribution in [-0.4, -0.2) is 34.7 Å². The van der Waals surface area contributed by atoms with Crippen molar-refractivity contribution in [3.05, 3.63) is 65.4 Å². The number of hydrogen-bond donors (Lipinski definition) is 2. The molecule has 1 fully saturated rings. The summed E-state index contributed by atoms with van der Waals surface area (Å²) >= 11 is 0. The molecule has 0 saturated carbocycles. The minimum absolute atomic E-state index is 0.195. The van der Waals surface area contributed by atoms with Crippen molar-refractivity contribution in [2.45, 2.75) is 64.0 Å². The standard InChI is InChI=1S/C27H33N3O2/c1-27(2,3)32-26(31)30-14-12-19(13-15-30)23-17-28-25-16-20(9-10-22(23)25)29-24-11-8-18-6-4-5-7-21(18)24/h4-7,9-10,16-17,19,24,28-29H,8,11-15H2,1-3H3. The molecule has 5 heteroatoms. The highest BCUT2D eigenvalue weighted by molar-refractivity contribution is 5.87. The number of carbonyl (C=O) groups is 1. The maximum atomic E-state index is 12.4. The second kappa shape index (κ2) is 8.19. The molecule has 2 aliphatic rings. The first-order valence-electron chi connectivity index (χ1n) is 11.8. The van der Waals surface area contributed by atoms with Crippen molar-refractivity contribution in [3.8, 4) is 0 Å². The van der Waals surface area contributed by atoms with Crippen molar-refractivity contribution in [3.63, 3.8) is 0 Å². The number of aryl methyl sites for hydroxylation is 1. The monoisotopic (exact) mass is 431 g/mol. The predicted octanol–water partition coefficient (Wildman–Crippen LogP) is 6.38. The van der Waals surface area contributed by atoms with Crippen LogP contribution >= 0.6 is 0 Å². The van der Waals surface area contributed by atoms with Crippen LogP contribution in [0.15, 0.2) is 48.7 Å². The summed E-state index contributed by atoms with van der Waals surface area (Å²) in [6.45, 7) is 7.23. The van der Waals surface area contributed by atoms with Crippen LogP contribution in [-0.2, 0) is 11.2 Å². The summed E-state index contributed by atoms with van der Waals surface area (Å²) in [6, 6.07) is 15.8. The molecule has 1 saturated heterocycles. The zero-order valence-electron chi connectivity index (χ0n) is 19.3. The zero-order valence-corrected chi connectivity index (χ0v) is 19.3. The van der Waals surface area contributed by atoms with Gasteiger partial charge in [0.25, 0.3) is 0 Å². The predicted molar refractivity (Wildman–Crippen MR) is 129 cm³/mol. The maximum absolute atomic E-state index is 12.4. The first-order valence-corrected chi connectivity index (χ1v) is 11.8. The van der Waals surface area contributed by atoms with Crippen LogP contribution in [0.25, 0.3) is 10.9 Å². The molecule has 1 atom stereocenters.